The number of H-pyrrole nitrogens is 1. The number of aromatic amines is 1. The number of aromatic nitrogens is 3. The molecule has 0 aliphatic carbocycles. The van der Waals surface area contributed by atoms with Crippen LogP contribution in [0.4, 0.5) is 0 Å². The van der Waals surface area contributed by atoms with Gasteiger partial charge in [-0.1, -0.05) is 6.92 Å². The third-order valence-corrected chi connectivity index (χ3v) is 3.48. The third-order valence-electron chi connectivity index (χ3n) is 3.48. The summed E-state index contributed by atoms with van der Waals surface area (Å²) >= 11 is 0. The molecule has 1 fully saturated rings. The number of hydrogen-bond donors (Lipinski definition) is 1. The van der Waals surface area contributed by atoms with E-state index in [0.29, 0.717) is 17.5 Å². The van der Waals surface area contributed by atoms with Crippen LogP contribution in [0.5, 0.6) is 0 Å². The van der Waals surface area contributed by atoms with Crippen LogP contribution in [-0.4, -0.2) is 28.2 Å². The van der Waals surface area contributed by atoms with Crippen LogP contribution >= 0.6 is 0 Å². The van der Waals surface area contributed by atoms with Crippen molar-refractivity contribution in [3.05, 3.63) is 23.8 Å². The van der Waals surface area contributed by atoms with E-state index in [2.05, 4.69) is 27.9 Å². The molecule has 0 amide bonds. The van der Waals surface area contributed by atoms with Crippen LogP contribution < -0.4 is 0 Å². The van der Waals surface area contributed by atoms with Crippen molar-refractivity contribution in [2.24, 2.45) is 5.92 Å². The standard InChI is InChI=1S/C13H14N4O/c1-8-7-18-3-2-11(8)13-15-6-9-4-10(5-14)16-12(9)17-13/h4,6,8,11H,2-3,7H2,1H3,(H,15,16,17). The van der Waals surface area contributed by atoms with Crippen molar-refractivity contribution in [2.75, 3.05) is 13.2 Å². The molecular weight excluding hydrogens is 228 g/mol. The van der Waals surface area contributed by atoms with E-state index in [-0.39, 0.29) is 0 Å². The number of nitrogens with one attached hydrogen (secondary N) is 1. The topological polar surface area (TPSA) is 74.6 Å². The maximum atomic E-state index is 8.85. The Morgan fingerprint density at radius 2 is 2.44 bits per heavy atom. The fraction of sp³-hybridized carbons (Fsp3) is 0.462. The summed E-state index contributed by atoms with van der Waals surface area (Å²) in [5.74, 6) is 1.63. The average Bonchev–Trinajstić information content (AvgIpc) is 2.81. The lowest BCUT2D eigenvalue weighted by Crippen LogP contribution is -2.25. The van der Waals surface area contributed by atoms with Gasteiger partial charge in [0, 0.05) is 30.7 Å². The maximum Gasteiger partial charge on any atom is 0.142 e. The highest BCUT2D eigenvalue weighted by Crippen LogP contribution is 2.29. The Morgan fingerprint density at radius 3 is 3.22 bits per heavy atom. The Morgan fingerprint density at radius 1 is 1.56 bits per heavy atom. The van der Waals surface area contributed by atoms with E-state index < -0.39 is 0 Å². The molecule has 0 bridgehead atoms. The van der Waals surface area contributed by atoms with Crippen LogP contribution in [0.2, 0.25) is 0 Å². The largest absolute Gasteiger partial charge is 0.381 e. The van der Waals surface area contributed by atoms with Gasteiger partial charge in [-0.2, -0.15) is 5.26 Å². The first-order valence-corrected chi connectivity index (χ1v) is 6.11. The number of nitriles is 1. The first-order chi connectivity index (χ1) is 8.78. The lowest BCUT2D eigenvalue weighted by molar-refractivity contribution is 0.0453. The van der Waals surface area contributed by atoms with Gasteiger partial charge >= 0.3 is 0 Å². The van der Waals surface area contributed by atoms with Crippen LogP contribution in [0, 0.1) is 17.2 Å². The Kier molecular flexibility index (Phi) is 2.73. The molecule has 2 aromatic rings. The van der Waals surface area contributed by atoms with Gasteiger partial charge in [-0.3, -0.25) is 0 Å². The van der Waals surface area contributed by atoms with Crippen LogP contribution in [0.25, 0.3) is 11.0 Å². The molecule has 1 aliphatic rings. The van der Waals surface area contributed by atoms with Crippen molar-refractivity contribution in [2.45, 2.75) is 19.3 Å². The number of hydrogen-bond acceptors (Lipinski definition) is 4. The van der Waals surface area contributed by atoms with Crippen LogP contribution in [0.15, 0.2) is 12.3 Å². The average molecular weight is 242 g/mol. The zero-order valence-corrected chi connectivity index (χ0v) is 10.2. The summed E-state index contributed by atoms with van der Waals surface area (Å²) in [4.78, 5) is 12.0. The highest BCUT2D eigenvalue weighted by atomic mass is 16.5. The van der Waals surface area contributed by atoms with Crippen molar-refractivity contribution < 1.29 is 4.74 Å². The fourth-order valence-electron chi connectivity index (χ4n) is 2.43. The molecule has 1 saturated heterocycles. The molecule has 0 spiro atoms. The van der Waals surface area contributed by atoms with E-state index in [1.54, 1.807) is 12.3 Å². The molecular formula is C13H14N4O. The van der Waals surface area contributed by atoms with E-state index >= 15 is 0 Å². The maximum absolute atomic E-state index is 8.85. The van der Waals surface area contributed by atoms with Crippen LogP contribution in [0.1, 0.15) is 30.8 Å². The predicted molar refractivity (Wildman–Crippen MR) is 65.9 cm³/mol. The molecule has 0 saturated carbocycles. The van der Waals surface area contributed by atoms with Crippen molar-refractivity contribution >= 4 is 11.0 Å². The van der Waals surface area contributed by atoms with Gasteiger partial charge in [0.15, 0.2) is 0 Å². The summed E-state index contributed by atoms with van der Waals surface area (Å²) < 4.78 is 5.44. The van der Waals surface area contributed by atoms with Crippen LogP contribution in [-0.2, 0) is 4.74 Å². The Balaban J connectivity index is 1.99. The number of rotatable bonds is 1. The zero-order valence-electron chi connectivity index (χ0n) is 10.2. The molecule has 2 aromatic heterocycles. The summed E-state index contributed by atoms with van der Waals surface area (Å²) in [6.45, 7) is 3.69. The number of ether oxygens (including phenoxy) is 1. The number of fused-ring (bicyclic) bond motifs is 1. The van der Waals surface area contributed by atoms with Crippen molar-refractivity contribution in [1.29, 1.82) is 5.26 Å². The van der Waals surface area contributed by atoms with Crippen molar-refractivity contribution in [1.82, 2.24) is 15.0 Å². The minimum Gasteiger partial charge on any atom is -0.381 e. The minimum absolute atomic E-state index is 0.344. The van der Waals surface area contributed by atoms with Gasteiger partial charge in [0.1, 0.15) is 23.2 Å². The van der Waals surface area contributed by atoms with E-state index in [0.717, 1.165) is 36.5 Å². The summed E-state index contributed by atoms with van der Waals surface area (Å²) in [6.07, 6.45) is 2.75. The van der Waals surface area contributed by atoms with E-state index in [1.807, 2.05) is 0 Å². The summed E-state index contributed by atoms with van der Waals surface area (Å²) in [6, 6.07) is 3.85. The second-order valence-corrected chi connectivity index (χ2v) is 4.77. The molecule has 3 rings (SSSR count). The summed E-state index contributed by atoms with van der Waals surface area (Å²) in [5, 5.41) is 9.74. The summed E-state index contributed by atoms with van der Waals surface area (Å²) in [7, 11) is 0. The quantitative estimate of drug-likeness (QED) is 0.829. The molecule has 18 heavy (non-hydrogen) atoms. The highest BCUT2D eigenvalue weighted by Gasteiger charge is 2.26. The Hall–Kier alpha value is -1.93. The fourth-order valence-corrected chi connectivity index (χ4v) is 2.43. The molecule has 1 aliphatic heterocycles. The molecule has 2 unspecified atom stereocenters. The zero-order chi connectivity index (χ0) is 12.5. The van der Waals surface area contributed by atoms with Gasteiger partial charge < -0.3 is 9.72 Å². The van der Waals surface area contributed by atoms with E-state index in [4.69, 9.17) is 10.00 Å². The molecule has 92 valence electrons. The molecule has 0 radical (unpaired) electrons. The van der Waals surface area contributed by atoms with Gasteiger partial charge in [0.25, 0.3) is 0 Å². The first-order valence-electron chi connectivity index (χ1n) is 6.11. The Labute approximate surface area is 105 Å². The van der Waals surface area contributed by atoms with Crippen molar-refractivity contribution in [3.63, 3.8) is 0 Å². The molecule has 1 N–H and O–H groups in total. The van der Waals surface area contributed by atoms with Gasteiger partial charge in [-0.05, 0) is 18.4 Å². The van der Waals surface area contributed by atoms with Gasteiger partial charge in [-0.15, -0.1) is 0 Å². The first kappa shape index (κ1) is 11.2. The minimum atomic E-state index is 0.344. The van der Waals surface area contributed by atoms with Crippen LogP contribution in [0.3, 0.4) is 0 Å². The monoisotopic (exact) mass is 242 g/mol. The highest BCUT2D eigenvalue weighted by molar-refractivity contribution is 5.76. The van der Waals surface area contributed by atoms with Crippen molar-refractivity contribution in [3.8, 4) is 6.07 Å². The van der Waals surface area contributed by atoms with Gasteiger partial charge in [0.2, 0.25) is 0 Å². The van der Waals surface area contributed by atoms with E-state index in [9.17, 15) is 0 Å². The SMILES string of the molecule is CC1COCCC1c1ncc2cc(C#N)[nH]c2n1. The normalized spacial score (nSPS) is 24.0. The van der Waals surface area contributed by atoms with Gasteiger partial charge in [0.05, 0.1) is 0 Å². The lowest BCUT2D eigenvalue weighted by atomic mass is 9.89. The second-order valence-electron chi connectivity index (χ2n) is 4.77. The smallest absolute Gasteiger partial charge is 0.142 e. The Bertz CT molecular complexity index is 613. The lowest BCUT2D eigenvalue weighted by Gasteiger charge is -2.27. The number of nitrogens with zero attached hydrogens (tertiary/aromatic N) is 3. The molecule has 5 heteroatoms. The molecule has 2 atom stereocenters. The third kappa shape index (κ3) is 1.85. The molecule has 5 nitrogen and oxygen atoms in total. The summed E-state index contributed by atoms with van der Waals surface area (Å²) in [5.41, 5.74) is 1.27. The molecule has 3 heterocycles. The second kappa shape index (κ2) is 4.39. The van der Waals surface area contributed by atoms with E-state index in [1.165, 1.54) is 0 Å². The molecule has 0 aromatic carbocycles. The van der Waals surface area contributed by atoms with Gasteiger partial charge in [-0.25, -0.2) is 9.97 Å². The predicted octanol–water partition coefficient (Wildman–Crippen LogP) is 1.97.